The van der Waals surface area contributed by atoms with Gasteiger partial charge in [-0.1, -0.05) is 59.6 Å². The lowest BCUT2D eigenvalue weighted by Gasteiger charge is -2.35. The molecule has 0 heterocycles. The van der Waals surface area contributed by atoms with Gasteiger partial charge in [-0.2, -0.15) is 0 Å². The lowest BCUT2D eigenvalue weighted by atomic mass is 9.76. The van der Waals surface area contributed by atoms with Crippen molar-refractivity contribution < 1.29 is 4.74 Å². The normalized spacial score (nSPS) is 21.3. The quantitative estimate of drug-likeness (QED) is 0.630. The van der Waals surface area contributed by atoms with Gasteiger partial charge in [0.05, 0.1) is 12.2 Å². The Labute approximate surface area is 129 Å². The van der Waals surface area contributed by atoms with E-state index in [1.54, 1.807) is 0 Å². The molecule has 1 saturated carbocycles. The molecule has 1 aromatic carbocycles. The Kier molecular flexibility index (Phi) is 5.33. The Balaban J connectivity index is 1.99. The second-order valence-electron chi connectivity index (χ2n) is 6.16. The van der Waals surface area contributed by atoms with E-state index in [1.807, 2.05) is 18.2 Å². The Morgan fingerprint density at radius 3 is 2.53 bits per heavy atom. The van der Waals surface area contributed by atoms with Crippen molar-refractivity contribution in [2.24, 2.45) is 5.41 Å². The summed E-state index contributed by atoms with van der Waals surface area (Å²) in [6.45, 7) is 4.69. The fourth-order valence-electron chi connectivity index (χ4n) is 2.67. The lowest BCUT2D eigenvalue weighted by Crippen LogP contribution is -2.28. The first-order valence-electron chi connectivity index (χ1n) is 6.98. The van der Waals surface area contributed by atoms with Crippen LogP contribution < -0.4 is 0 Å². The second kappa shape index (κ2) is 6.60. The molecule has 0 aliphatic heterocycles. The summed E-state index contributed by atoms with van der Waals surface area (Å²) in [6.07, 6.45) is 5.22. The summed E-state index contributed by atoms with van der Waals surface area (Å²) in [4.78, 5) is 0. The van der Waals surface area contributed by atoms with Crippen molar-refractivity contribution in [3.8, 4) is 0 Å². The third kappa shape index (κ3) is 4.21. The molecule has 0 spiro atoms. The molecule has 1 aliphatic rings. The van der Waals surface area contributed by atoms with E-state index in [2.05, 4.69) is 35.8 Å². The topological polar surface area (TPSA) is 9.23 Å². The Hall–Kier alpha value is -0.0500. The van der Waals surface area contributed by atoms with Gasteiger partial charge in [-0.25, -0.2) is 0 Å². The van der Waals surface area contributed by atoms with Crippen LogP contribution in [0.3, 0.4) is 0 Å². The van der Waals surface area contributed by atoms with Crippen molar-refractivity contribution in [2.45, 2.75) is 51.7 Å². The zero-order valence-corrected chi connectivity index (χ0v) is 14.0. The number of halogens is 2. The van der Waals surface area contributed by atoms with Crippen LogP contribution >= 0.6 is 27.5 Å². The molecule has 0 N–H and O–H groups in total. The molecule has 0 radical (unpaired) electrons. The average molecular weight is 346 g/mol. The molecule has 1 aromatic rings. The monoisotopic (exact) mass is 344 g/mol. The number of hydrogen-bond acceptors (Lipinski definition) is 1. The van der Waals surface area contributed by atoms with Gasteiger partial charge in [0.2, 0.25) is 0 Å². The molecular weight excluding hydrogens is 324 g/mol. The summed E-state index contributed by atoms with van der Waals surface area (Å²) in [5, 5.41) is 1.58. The Morgan fingerprint density at radius 2 is 1.95 bits per heavy atom. The summed E-state index contributed by atoms with van der Waals surface area (Å²) in [5.74, 6) is 0. The first kappa shape index (κ1) is 15.3. The van der Waals surface area contributed by atoms with E-state index in [4.69, 9.17) is 16.3 Å². The van der Waals surface area contributed by atoms with Crippen molar-refractivity contribution >= 4 is 27.5 Å². The Bertz CT molecular complexity index is 409. The van der Waals surface area contributed by atoms with Gasteiger partial charge in [-0.05, 0) is 37.2 Å². The van der Waals surface area contributed by atoms with Crippen LogP contribution in [-0.4, -0.2) is 11.4 Å². The van der Waals surface area contributed by atoms with E-state index in [0.29, 0.717) is 11.5 Å². The minimum absolute atomic E-state index is 0.0555. The summed E-state index contributed by atoms with van der Waals surface area (Å²) in [5.41, 5.74) is 1.57. The highest BCUT2D eigenvalue weighted by atomic mass is 79.9. The van der Waals surface area contributed by atoms with Gasteiger partial charge < -0.3 is 4.74 Å². The highest BCUT2D eigenvalue weighted by Crippen LogP contribution is 2.38. The molecule has 106 valence electrons. The maximum Gasteiger partial charge on any atom is 0.0939 e. The number of rotatable bonds is 4. The van der Waals surface area contributed by atoms with Gasteiger partial charge in [0.25, 0.3) is 0 Å². The number of hydrogen-bond donors (Lipinski definition) is 0. The average Bonchev–Trinajstić information content (AvgIpc) is 2.39. The smallest absolute Gasteiger partial charge is 0.0939 e. The predicted molar refractivity (Wildman–Crippen MR) is 85.1 cm³/mol. The summed E-state index contributed by atoms with van der Waals surface area (Å²) in [6, 6.07) is 7.96. The van der Waals surface area contributed by atoms with Crippen LogP contribution in [0, 0.1) is 5.41 Å². The largest absolute Gasteiger partial charge is 0.369 e. The molecule has 1 nitrogen and oxygen atoms in total. The molecule has 1 atom stereocenters. The predicted octanol–water partition coefficient (Wildman–Crippen LogP) is 5.76. The van der Waals surface area contributed by atoms with Crippen LogP contribution in [0.25, 0.3) is 0 Å². The van der Waals surface area contributed by atoms with Gasteiger partial charge in [0, 0.05) is 15.9 Å². The lowest BCUT2D eigenvalue weighted by molar-refractivity contribution is -0.0363. The maximum atomic E-state index is 6.27. The maximum absolute atomic E-state index is 6.27. The number of benzene rings is 1. The third-order valence-electron chi connectivity index (χ3n) is 4.04. The van der Waals surface area contributed by atoms with Gasteiger partial charge in [-0.3, -0.25) is 0 Å². The summed E-state index contributed by atoms with van der Waals surface area (Å²) < 4.78 is 6.27. The molecule has 19 heavy (non-hydrogen) atoms. The minimum Gasteiger partial charge on any atom is -0.369 e. The van der Waals surface area contributed by atoms with Crippen molar-refractivity contribution in [3.05, 3.63) is 34.9 Å². The van der Waals surface area contributed by atoms with Gasteiger partial charge in [0.15, 0.2) is 0 Å². The molecule has 0 amide bonds. The van der Waals surface area contributed by atoms with E-state index < -0.39 is 0 Å². The first-order chi connectivity index (χ1) is 9.02. The molecule has 2 rings (SSSR count). The van der Waals surface area contributed by atoms with Crippen molar-refractivity contribution in [1.82, 2.24) is 0 Å². The van der Waals surface area contributed by atoms with E-state index in [-0.39, 0.29) is 6.10 Å². The second-order valence-corrected chi connectivity index (χ2v) is 7.22. The Morgan fingerprint density at radius 1 is 1.32 bits per heavy atom. The van der Waals surface area contributed by atoms with E-state index >= 15 is 0 Å². The van der Waals surface area contributed by atoms with Crippen LogP contribution in [0.1, 0.15) is 51.2 Å². The number of alkyl halides is 1. The van der Waals surface area contributed by atoms with Crippen LogP contribution in [0.5, 0.6) is 0 Å². The van der Waals surface area contributed by atoms with Gasteiger partial charge in [0.1, 0.15) is 0 Å². The van der Waals surface area contributed by atoms with E-state index in [9.17, 15) is 0 Å². The minimum atomic E-state index is 0.0555. The standard InChI is InChI=1S/C16H22BrClO/c1-16(2)9-7-12(8-10-16)19-15(11-17)13-5-3-4-6-14(13)18/h3-6,12,15H,7-11H2,1-2H3. The van der Waals surface area contributed by atoms with Crippen molar-refractivity contribution in [2.75, 3.05) is 5.33 Å². The fraction of sp³-hybridized carbons (Fsp3) is 0.625. The van der Waals surface area contributed by atoms with Gasteiger partial charge >= 0.3 is 0 Å². The molecule has 1 aliphatic carbocycles. The molecule has 0 aromatic heterocycles. The van der Waals surface area contributed by atoms with Crippen LogP contribution in [-0.2, 0) is 4.74 Å². The summed E-state index contributed by atoms with van der Waals surface area (Å²) in [7, 11) is 0. The molecule has 0 saturated heterocycles. The number of ether oxygens (including phenoxy) is 1. The zero-order valence-electron chi connectivity index (χ0n) is 11.7. The molecule has 1 unspecified atom stereocenters. The zero-order chi connectivity index (χ0) is 13.9. The SMILES string of the molecule is CC1(C)CCC(OC(CBr)c2ccccc2Cl)CC1. The van der Waals surface area contributed by atoms with Crippen molar-refractivity contribution in [3.63, 3.8) is 0 Å². The molecule has 0 bridgehead atoms. The molecule has 1 fully saturated rings. The third-order valence-corrected chi connectivity index (χ3v) is 4.97. The molecule has 3 heteroatoms. The fourth-order valence-corrected chi connectivity index (χ4v) is 3.43. The van der Waals surface area contributed by atoms with E-state index in [1.165, 1.54) is 12.8 Å². The summed E-state index contributed by atoms with van der Waals surface area (Å²) >= 11 is 9.81. The first-order valence-corrected chi connectivity index (χ1v) is 8.47. The highest BCUT2D eigenvalue weighted by Gasteiger charge is 2.29. The van der Waals surface area contributed by atoms with Crippen LogP contribution in [0.15, 0.2) is 24.3 Å². The van der Waals surface area contributed by atoms with Crippen molar-refractivity contribution in [1.29, 1.82) is 0 Å². The van der Waals surface area contributed by atoms with Crippen LogP contribution in [0.2, 0.25) is 5.02 Å². The molecular formula is C16H22BrClO. The van der Waals surface area contributed by atoms with Crippen LogP contribution in [0.4, 0.5) is 0 Å². The van der Waals surface area contributed by atoms with E-state index in [0.717, 1.165) is 28.8 Å². The highest BCUT2D eigenvalue weighted by molar-refractivity contribution is 9.09. The van der Waals surface area contributed by atoms with Gasteiger partial charge in [-0.15, -0.1) is 0 Å².